The molecule has 0 aliphatic heterocycles. The molecule has 152 valence electrons. The molecule has 0 fully saturated rings. The van der Waals surface area contributed by atoms with Gasteiger partial charge in [-0.2, -0.15) is 47.9 Å². The van der Waals surface area contributed by atoms with E-state index in [9.17, 15) is 47.9 Å². The van der Waals surface area contributed by atoms with E-state index in [0.29, 0.717) is 0 Å². The van der Waals surface area contributed by atoms with Gasteiger partial charge in [-0.05, 0) is 12.8 Å². The van der Waals surface area contributed by atoms with Gasteiger partial charge in [0, 0.05) is 12.8 Å². The van der Waals surface area contributed by atoms with Crippen molar-refractivity contribution in [3.05, 3.63) is 0 Å². The average molecular weight is 412 g/mol. The minimum atomic E-state index is -6.76. The lowest BCUT2D eigenvalue weighted by Gasteiger charge is -2.30. The van der Waals surface area contributed by atoms with Crippen LogP contribution in [0, 0.1) is 0 Å². The molecular weight excluding hydrogens is 395 g/mol. The Morgan fingerprint density at radius 2 is 1.00 bits per heavy atom. The summed E-state index contributed by atoms with van der Waals surface area (Å²) < 4.78 is 142. The zero-order valence-electron chi connectivity index (χ0n) is 12.7. The molecule has 3 nitrogen and oxygen atoms in total. The fourth-order valence-corrected chi connectivity index (χ4v) is 2.38. The lowest BCUT2D eigenvalue weighted by atomic mass is 10.0. The lowest BCUT2D eigenvalue weighted by molar-refractivity contribution is -0.282. The van der Waals surface area contributed by atoms with Crippen molar-refractivity contribution in [1.29, 1.82) is 0 Å². The molecule has 0 saturated heterocycles. The Balaban J connectivity index is 4.37. The van der Waals surface area contributed by atoms with Crippen LogP contribution in [0.2, 0.25) is 0 Å². The lowest BCUT2D eigenvalue weighted by Crippen LogP contribution is -2.57. The summed E-state index contributed by atoms with van der Waals surface area (Å²) in [5, 5.41) is -6.36. The van der Waals surface area contributed by atoms with Crippen LogP contribution in [0.5, 0.6) is 0 Å². The molecule has 0 amide bonds. The summed E-state index contributed by atoms with van der Waals surface area (Å²) in [6, 6.07) is 0. The van der Waals surface area contributed by atoms with Gasteiger partial charge in [0.2, 0.25) is 0 Å². The highest BCUT2D eigenvalue weighted by molar-refractivity contribution is 7.87. The molecule has 0 aromatic rings. The van der Waals surface area contributed by atoms with Gasteiger partial charge in [0.05, 0.1) is 0 Å². The summed E-state index contributed by atoms with van der Waals surface area (Å²) in [6.07, 6.45) is -7.64. The molecule has 0 spiro atoms. The van der Waals surface area contributed by atoms with Crippen LogP contribution in [-0.4, -0.2) is 36.2 Å². The molecule has 0 aliphatic carbocycles. The fraction of sp³-hybridized carbons (Fsp3) is 1.00. The normalized spacial score (nSPS) is 14.8. The number of hydrogen-bond acceptors (Lipinski definition) is 2. The molecule has 0 unspecified atom stereocenters. The smallest absolute Gasteiger partial charge is 0.281 e. The van der Waals surface area contributed by atoms with Gasteiger partial charge < -0.3 is 0 Å². The van der Waals surface area contributed by atoms with Gasteiger partial charge in [0.1, 0.15) is 0 Å². The van der Waals surface area contributed by atoms with Crippen molar-refractivity contribution in [2.45, 2.75) is 74.6 Å². The van der Waals surface area contributed by atoms with Crippen molar-refractivity contribution in [1.82, 2.24) is 0 Å². The Kier molecular flexibility index (Phi) is 8.08. The molecule has 0 bridgehead atoms. The Morgan fingerprint density at radius 1 is 0.640 bits per heavy atom. The second kappa shape index (κ2) is 8.31. The highest BCUT2D eigenvalue weighted by atomic mass is 32.2. The van der Waals surface area contributed by atoms with Crippen molar-refractivity contribution in [3.8, 4) is 0 Å². The molecule has 0 aliphatic rings. The number of halogens is 9. The zero-order valence-corrected chi connectivity index (χ0v) is 13.5. The second-order valence-electron chi connectivity index (χ2n) is 5.51. The van der Waals surface area contributed by atoms with Gasteiger partial charge in [-0.1, -0.05) is 25.7 Å². The predicted molar refractivity (Wildman–Crippen MR) is 69.4 cm³/mol. The van der Waals surface area contributed by atoms with E-state index in [1.807, 2.05) is 0 Å². The summed E-state index contributed by atoms with van der Waals surface area (Å²) in [7, 11) is -6.76. The fourth-order valence-electron chi connectivity index (χ4n) is 1.91. The number of unbranched alkanes of at least 4 members (excludes halogenated alkanes) is 5. The highest BCUT2D eigenvalue weighted by Gasteiger charge is 2.76. The molecule has 0 rings (SSSR count). The first kappa shape index (κ1) is 24.3. The molecule has 0 atom stereocenters. The first-order chi connectivity index (χ1) is 11.0. The van der Waals surface area contributed by atoms with Crippen molar-refractivity contribution in [2.24, 2.45) is 0 Å². The van der Waals surface area contributed by atoms with Crippen LogP contribution >= 0.6 is 0 Å². The van der Waals surface area contributed by atoms with Crippen molar-refractivity contribution < 1.29 is 52.5 Å². The molecule has 13 heteroatoms. The van der Waals surface area contributed by atoms with E-state index in [0.717, 1.165) is 0 Å². The van der Waals surface area contributed by atoms with Gasteiger partial charge >= 0.3 is 33.4 Å². The van der Waals surface area contributed by atoms with Gasteiger partial charge in [-0.25, -0.2) is 0 Å². The quantitative estimate of drug-likeness (QED) is 0.280. The van der Waals surface area contributed by atoms with Gasteiger partial charge in [-0.15, -0.1) is 0 Å². The Bertz CT molecular complexity index is 514. The van der Waals surface area contributed by atoms with Crippen molar-refractivity contribution in [2.75, 3.05) is 0 Å². The Hall–Kier alpha value is -0.720. The van der Waals surface area contributed by atoms with Crippen LogP contribution in [-0.2, 0) is 10.1 Å². The highest BCUT2D eigenvalue weighted by Crippen LogP contribution is 2.50. The van der Waals surface area contributed by atoms with Crippen LogP contribution in [0.3, 0.4) is 0 Å². The molecule has 0 radical (unpaired) electrons. The standard InChI is InChI=1S/C12H17F9O3S/c13-9(14,11(18,19)12(20,21)25(22,23)24)7-5-3-1-2-4-6-8-10(15,16)17/h1-8H2,(H,22,23,24). The predicted octanol–water partition coefficient (Wildman–Crippen LogP) is 5.42. The number of rotatable bonds is 11. The van der Waals surface area contributed by atoms with E-state index in [4.69, 9.17) is 4.55 Å². The van der Waals surface area contributed by atoms with E-state index in [1.165, 1.54) is 0 Å². The Labute approximate surface area is 138 Å². The topological polar surface area (TPSA) is 54.4 Å². The molecule has 0 heterocycles. The van der Waals surface area contributed by atoms with E-state index in [2.05, 4.69) is 0 Å². The number of alkyl halides is 9. The van der Waals surface area contributed by atoms with E-state index in [1.54, 1.807) is 0 Å². The average Bonchev–Trinajstić information content (AvgIpc) is 2.38. The maximum Gasteiger partial charge on any atom is 0.437 e. The van der Waals surface area contributed by atoms with Gasteiger partial charge in [-0.3, -0.25) is 4.55 Å². The third-order valence-electron chi connectivity index (χ3n) is 3.35. The third-order valence-corrected chi connectivity index (χ3v) is 4.25. The van der Waals surface area contributed by atoms with Crippen LogP contribution < -0.4 is 0 Å². The molecule has 0 saturated carbocycles. The molecule has 0 aromatic carbocycles. The minimum Gasteiger partial charge on any atom is -0.281 e. The Morgan fingerprint density at radius 3 is 1.36 bits per heavy atom. The maximum atomic E-state index is 13.3. The van der Waals surface area contributed by atoms with Crippen LogP contribution in [0.15, 0.2) is 0 Å². The van der Waals surface area contributed by atoms with Crippen molar-refractivity contribution in [3.63, 3.8) is 0 Å². The van der Waals surface area contributed by atoms with E-state index >= 15 is 0 Å². The molecule has 1 N–H and O–H groups in total. The summed E-state index contributed by atoms with van der Waals surface area (Å²) in [6.45, 7) is 0. The molecular formula is C12H17F9O3S. The first-order valence-electron chi connectivity index (χ1n) is 7.13. The molecule has 25 heavy (non-hydrogen) atoms. The monoisotopic (exact) mass is 412 g/mol. The van der Waals surface area contributed by atoms with Crippen LogP contribution in [0.25, 0.3) is 0 Å². The van der Waals surface area contributed by atoms with Gasteiger partial charge in [0.15, 0.2) is 0 Å². The minimum absolute atomic E-state index is 0.119. The maximum absolute atomic E-state index is 13.3. The SMILES string of the molecule is O=S(=O)(O)C(F)(F)C(F)(F)C(F)(F)CCCCCCCCC(F)(F)F. The van der Waals surface area contributed by atoms with Crippen LogP contribution in [0.4, 0.5) is 39.5 Å². The van der Waals surface area contributed by atoms with E-state index in [-0.39, 0.29) is 32.1 Å². The summed E-state index contributed by atoms with van der Waals surface area (Å²) in [4.78, 5) is 0. The summed E-state index contributed by atoms with van der Waals surface area (Å²) in [5.41, 5.74) is 0. The number of hydrogen-bond donors (Lipinski definition) is 1. The van der Waals surface area contributed by atoms with Crippen molar-refractivity contribution >= 4 is 10.1 Å². The zero-order chi connectivity index (χ0) is 20.2. The summed E-state index contributed by atoms with van der Waals surface area (Å²) >= 11 is 0. The molecule has 0 aromatic heterocycles. The third kappa shape index (κ3) is 6.83. The first-order valence-corrected chi connectivity index (χ1v) is 8.57. The summed E-state index contributed by atoms with van der Waals surface area (Å²) in [5.74, 6) is -11.7. The largest absolute Gasteiger partial charge is 0.437 e. The van der Waals surface area contributed by atoms with Crippen LogP contribution in [0.1, 0.15) is 51.4 Å². The van der Waals surface area contributed by atoms with E-state index < -0.39 is 52.7 Å². The second-order valence-corrected chi connectivity index (χ2v) is 6.97. The van der Waals surface area contributed by atoms with Gasteiger partial charge in [0.25, 0.3) is 0 Å².